The number of aromatic hydroxyl groups is 1. The second kappa shape index (κ2) is 5.74. The number of hydrogen-bond donors (Lipinski definition) is 1. The van der Waals surface area contributed by atoms with Gasteiger partial charge in [-0.15, -0.1) is 0 Å². The molecule has 0 heterocycles. The summed E-state index contributed by atoms with van der Waals surface area (Å²) in [6.45, 7) is 3.78. The van der Waals surface area contributed by atoms with Crippen LogP contribution in [0.4, 0.5) is 0 Å². The molecule has 0 aromatic heterocycles. The molecule has 2 aromatic rings. The first-order valence-corrected chi connectivity index (χ1v) is 6.48. The summed E-state index contributed by atoms with van der Waals surface area (Å²) in [4.78, 5) is 22.9. The zero-order chi connectivity index (χ0) is 14.7. The minimum Gasteiger partial charge on any atom is -0.507 e. The van der Waals surface area contributed by atoms with E-state index in [2.05, 4.69) is 0 Å². The van der Waals surface area contributed by atoms with Crippen molar-refractivity contribution in [3.05, 3.63) is 41.5 Å². The number of esters is 1. The van der Waals surface area contributed by atoms with Crippen molar-refractivity contribution in [2.24, 2.45) is 0 Å². The van der Waals surface area contributed by atoms with E-state index in [1.807, 2.05) is 13.8 Å². The van der Waals surface area contributed by atoms with Crippen LogP contribution in [0.2, 0.25) is 0 Å². The van der Waals surface area contributed by atoms with Gasteiger partial charge < -0.3 is 9.84 Å². The van der Waals surface area contributed by atoms with Gasteiger partial charge in [-0.3, -0.25) is 4.79 Å². The lowest BCUT2D eigenvalue weighted by atomic mass is 10.0. The zero-order valence-corrected chi connectivity index (χ0v) is 11.4. The van der Waals surface area contributed by atoms with Gasteiger partial charge in [0.15, 0.2) is 6.29 Å². The molecule has 0 amide bonds. The second-order valence-corrected chi connectivity index (χ2v) is 4.68. The minimum absolute atomic E-state index is 0.0672. The number of carbonyl (C=O) groups is 2. The monoisotopic (exact) mass is 272 g/mol. The van der Waals surface area contributed by atoms with Crippen molar-refractivity contribution in [1.82, 2.24) is 0 Å². The summed E-state index contributed by atoms with van der Waals surface area (Å²) in [6.07, 6.45) is 1.22. The number of phenolic OH excluding ortho intramolecular Hbond substituents is 1. The Kier molecular flexibility index (Phi) is 4.03. The van der Waals surface area contributed by atoms with Gasteiger partial charge in [0.1, 0.15) is 5.75 Å². The molecule has 0 fully saturated rings. The SMILES string of the molecule is CCC(C)OC(=O)c1ccc2c(C=O)c(O)ccc2c1. The predicted molar refractivity (Wildman–Crippen MR) is 76.2 cm³/mol. The van der Waals surface area contributed by atoms with Crippen molar-refractivity contribution in [1.29, 1.82) is 0 Å². The highest BCUT2D eigenvalue weighted by Gasteiger charge is 2.13. The number of hydrogen-bond acceptors (Lipinski definition) is 4. The average molecular weight is 272 g/mol. The molecule has 1 atom stereocenters. The predicted octanol–water partition coefficient (Wildman–Crippen LogP) is 3.31. The van der Waals surface area contributed by atoms with Gasteiger partial charge in [0, 0.05) is 0 Å². The molecule has 1 unspecified atom stereocenters. The molecule has 0 bridgehead atoms. The molecule has 0 saturated carbocycles. The Labute approximate surface area is 117 Å². The minimum atomic E-state index is -0.387. The van der Waals surface area contributed by atoms with Crippen molar-refractivity contribution >= 4 is 23.0 Å². The summed E-state index contributed by atoms with van der Waals surface area (Å²) < 4.78 is 5.26. The Morgan fingerprint density at radius 1 is 1.35 bits per heavy atom. The second-order valence-electron chi connectivity index (χ2n) is 4.68. The topological polar surface area (TPSA) is 63.6 Å². The first-order valence-electron chi connectivity index (χ1n) is 6.48. The molecule has 0 saturated heterocycles. The van der Waals surface area contributed by atoms with Gasteiger partial charge in [0.25, 0.3) is 0 Å². The third-order valence-electron chi connectivity index (χ3n) is 3.28. The molecule has 0 spiro atoms. The van der Waals surface area contributed by atoms with E-state index in [1.54, 1.807) is 24.3 Å². The van der Waals surface area contributed by atoms with Crippen LogP contribution in [0.1, 0.15) is 41.0 Å². The maximum absolute atomic E-state index is 11.9. The molecule has 0 aliphatic rings. The fraction of sp³-hybridized carbons (Fsp3) is 0.250. The summed E-state index contributed by atoms with van der Waals surface area (Å²) in [5, 5.41) is 10.9. The molecular weight excluding hydrogens is 256 g/mol. The highest BCUT2D eigenvalue weighted by Crippen LogP contribution is 2.26. The van der Waals surface area contributed by atoms with E-state index in [-0.39, 0.29) is 23.4 Å². The van der Waals surface area contributed by atoms with Crippen molar-refractivity contribution in [2.45, 2.75) is 26.4 Å². The lowest BCUT2D eigenvalue weighted by molar-refractivity contribution is 0.0334. The van der Waals surface area contributed by atoms with Crippen LogP contribution >= 0.6 is 0 Å². The van der Waals surface area contributed by atoms with Gasteiger partial charge in [-0.2, -0.15) is 0 Å². The molecule has 1 N–H and O–H groups in total. The molecular formula is C16H16O4. The van der Waals surface area contributed by atoms with Crippen LogP contribution in [-0.4, -0.2) is 23.5 Å². The van der Waals surface area contributed by atoms with Gasteiger partial charge >= 0.3 is 5.97 Å². The van der Waals surface area contributed by atoms with Gasteiger partial charge in [-0.1, -0.05) is 19.1 Å². The van der Waals surface area contributed by atoms with E-state index in [4.69, 9.17) is 4.74 Å². The van der Waals surface area contributed by atoms with Crippen LogP contribution in [0.15, 0.2) is 30.3 Å². The van der Waals surface area contributed by atoms with Crippen LogP contribution in [-0.2, 0) is 4.74 Å². The van der Waals surface area contributed by atoms with E-state index in [0.29, 0.717) is 22.6 Å². The third-order valence-corrected chi connectivity index (χ3v) is 3.28. The fourth-order valence-electron chi connectivity index (χ4n) is 1.93. The quantitative estimate of drug-likeness (QED) is 0.685. The number of aldehydes is 1. The molecule has 104 valence electrons. The van der Waals surface area contributed by atoms with Crippen molar-refractivity contribution in [3.8, 4) is 5.75 Å². The lowest BCUT2D eigenvalue weighted by Crippen LogP contribution is -2.13. The molecule has 2 rings (SSSR count). The standard InChI is InChI=1S/C16H16O4/c1-3-10(2)20-16(19)12-4-6-13-11(8-12)5-7-15(18)14(13)9-17/h4-10,18H,3H2,1-2H3. The average Bonchev–Trinajstić information content (AvgIpc) is 2.46. The normalized spacial score (nSPS) is 12.1. The number of carbonyl (C=O) groups excluding carboxylic acids is 2. The van der Waals surface area contributed by atoms with E-state index in [1.165, 1.54) is 6.07 Å². The summed E-state index contributed by atoms with van der Waals surface area (Å²) in [7, 11) is 0. The summed E-state index contributed by atoms with van der Waals surface area (Å²) >= 11 is 0. The first-order chi connectivity index (χ1) is 9.56. The summed E-state index contributed by atoms with van der Waals surface area (Å²) in [5.74, 6) is -0.454. The van der Waals surface area contributed by atoms with Crippen LogP contribution in [0, 0.1) is 0 Å². The number of benzene rings is 2. The Morgan fingerprint density at radius 3 is 2.75 bits per heavy atom. The van der Waals surface area contributed by atoms with Crippen LogP contribution in [0.3, 0.4) is 0 Å². The molecule has 0 aliphatic heterocycles. The smallest absolute Gasteiger partial charge is 0.338 e. The maximum Gasteiger partial charge on any atom is 0.338 e. The van der Waals surface area contributed by atoms with Gasteiger partial charge in [0.2, 0.25) is 0 Å². The highest BCUT2D eigenvalue weighted by atomic mass is 16.5. The van der Waals surface area contributed by atoms with E-state index < -0.39 is 0 Å². The molecule has 20 heavy (non-hydrogen) atoms. The Balaban J connectivity index is 2.42. The first kappa shape index (κ1) is 14.1. The molecule has 4 heteroatoms. The maximum atomic E-state index is 11.9. The van der Waals surface area contributed by atoms with Crippen molar-refractivity contribution in [3.63, 3.8) is 0 Å². The molecule has 0 radical (unpaired) electrons. The lowest BCUT2D eigenvalue weighted by Gasteiger charge is -2.11. The molecule has 2 aromatic carbocycles. The van der Waals surface area contributed by atoms with Crippen LogP contribution in [0.25, 0.3) is 10.8 Å². The molecule has 0 aliphatic carbocycles. The Morgan fingerprint density at radius 2 is 2.10 bits per heavy atom. The largest absolute Gasteiger partial charge is 0.507 e. The van der Waals surface area contributed by atoms with Gasteiger partial charge in [-0.25, -0.2) is 4.79 Å². The highest BCUT2D eigenvalue weighted by molar-refractivity contribution is 6.03. The summed E-state index contributed by atoms with van der Waals surface area (Å²) in [5.41, 5.74) is 0.657. The zero-order valence-electron chi connectivity index (χ0n) is 11.4. The number of phenols is 1. The fourth-order valence-corrected chi connectivity index (χ4v) is 1.93. The van der Waals surface area contributed by atoms with E-state index in [9.17, 15) is 14.7 Å². The number of fused-ring (bicyclic) bond motifs is 1. The number of rotatable bonds is 4. The van der Waals surface area contributed by atoms with Crippen molar-refractivity contribution < 1.29 is 19.4 Å². The van der Waals surface area contributed by atoms with E-state index >= 15 is 0 Å². The van der Waals surface area contributed by atoms with Crippen LogP contribution in [0.5, 0.6) is 5.75 Å². The van der Waals surface area contributed by atoms with Gasteiger partial charge in [0.05, 0.1) is 17.2 Å². The van der Waals surface area contributed by atoms with Crippen LogP contribution < -0.4 is 0 Å². The molecule has 4 nitrogen and oxygen atoms in total. The Bertz CT molecular complexity index is 661. The Hall–Kier alpha value is -2.36. The van der Waals surface area contributed by atoms with Crippen molar-refractivity contribution in [2.75, 3.05) is 0 Å². The third kappa shape index (κ3) is 2.64. The summed E-state index contributed by atoms with van der Waals surface area (Å²) in [6, 6.07) is 8.01. The van der Waals surface area contributed by atoms with Gasteiger partial charge in [-0.05, 0) is 42.3 Å². The van der Waals surface area contributed by atoms with E-state index in [0.717, 1.165) is 6.42 Å². The number of ether oxygens (including phenoxy) is 1.